The largest absolute Gasteiger partial charge is 0.479 e. The van der Waals surface area contributed by atoms with Crippen LogP contribution in [-0.2, 0) is 19.1 Å². The average molecular weight is 750 g/mol. The van der Waals surface area contributed by atoms with Crippen LogP contribution in [0.25, 0.3) is 22.3 Å². The van der Waals surface area contributed by atoms with Gasteiger partial charge in [0.25, 0.3) is 5.56 Å². The van der Waals surface area contributed by atoms with E-state index in [1.807, 2.05) is 45.8 Å². The first kappa shape index (κ1) is 36.0. The van der Waals surface area contributed by atoms with Gasteiger partial charge in [-0.1, -0.05) is 25.0 Å². The lowest BCUT2D eigenvalue weighted by molar-refractivity contribution is -0.150. The molecule has 52 heavy (non-hydrogen) atoms. The minimum Gasteiger partial charge on any atom is -0.479 e. The van der Waals surface area contributed by atoms with Crippen LogP contribution in [0.4, 0.5) is 4.79 Å². The van der Waals surface area contributed by atoms with Crippen LogP contribution in [0.15, 0.2) is 56.8 Å². The Morgan fingerprint density at radius 3 is 2.46 bits per heavy atom. The monoisotopic (exact) mass is 749 g/mol. The van der Waals surface area contributed by atoms with E-state index in [1.165, 1.54) is 32.3 Å². The van der Waals surface area contributed by atoms with E-state index < -0.39 is 59.6 Å². The quantitative estimate of drug-likeness (QED) is 0.249. The normalized spacial score (nSPS) is 28.1. The zero-order chi connectivity index (χ0) is 36.4. The van der Waals surface area contributed by atoms with Gasteiger partial charge in [-0.3, -0.25) is 14.4 Å². The highest BCUT2D eigenvalue weighted by molar-refractivity contribution is 7.08. The predicted octanol–water partition coefficient (Wildman–Crippen LogP) is 4.72. The minimum absolute atomic E-state index is 0.00431. The molecule has 13 nitrogen and oxygen atoms in total. The van der Waals surface area contributed by atoms with E-state index in [-0.39, 0.29) is 31.0 Å². The molecule has 4 N–H and O–H groups in total. The molecule has 0 aromatic carbocycles. The van der Waals surface area contributed by atoms with Crippen molar-refractivity contribution < 1.29 is 34.1 Å². The van der Waals surface area contributed by atoms with Gasteiger partial charge in [0.05, 0.1) is 23.3 Å². The number of hydrogen-bond acceptors (Lipinski definition) is 10. The summed E-state index contributed by atoms with van der Waals surface area (Å²) in [6.07, 6.45) is 9.56. The summed E-state index contributed by atoms with van der Waals surface area (Å²) < 4.78 is 6.98. The van der Waals surface area contributed by atoms with Crippen LogP contribution in [0.1, 0.15) is 76.7 Å². The number of nitrogens with zero attached hydrogens (tertiary/aromatic N) is 3. The van der Waals surface area contributed by atoms with Crippen molar-refractivity contribution in [2.45, 2.75) is 107 Å². The highest BCUT2D eigenvalue weighted by Crippen LogP contribution is 2.48. The van der Waals surface area contributed by atoms with Crippen molar-refractivity contribution in [2.24, 2.45) is 5.92 Å². The Balaban J connectivity index is 1.24. The Morgan fingerprint density at radius 2 is 1.75 bits per heavy atom. The number of aromatic nitrogens is 2. The maximum Gasteiger partial charge on any atom is 0.408 e. The molecule has 3 amide bonds. The van der Waals surface area contributed by atoms with Crippen LogP contribution >= 0.6 is 22.7 Å². The number of thiophene rings is 2. The summed E-state index contributed by atoms with van der Waals surface area (Å²) in [6, 6.07) is 0.926. The molecule has 0 radical (unpaired) electrons. The highest BCUT2D eigenvalue weighted by atomic mass is 32.1. The lowest BCUT2D eigenvalue weighted by Crippen LogP contribution is -2.58. The third-order valence-electron chi connectivity index (χ3n) is 10.9. The van der Waals surface area contributed by atoms with Gasteiger partial charge in [-0.05, 0) is 96.1 Å². The number of alkyl carbamates (subject to hydrolysis) is 1. The molecule has 1 saturated heterocycles. The summed E-state index contributed by atoms with van der Waals surface area (Å²) in [5.74, 6) is -3.01. The van der Waals surface area contributed by atoms with Gasteiger partial charge in [0.1, 0.15) is 18.2 Å². The van der Waals surface area contributed by atoms with E-state index in [1.54, 1.807) is 6.20 Å². The number of carbonyl (C=O) groups excluding carboxylic acids is 3. The number of nitrogens with one attached hydrogen (secondary N) is 2. The van der Waals surface area contributed by atoms with E-state index in [0.29, 0.717) is 30.4 Å². The minimum atomic E-state index is -1.87. The van der Waals surface area contributed by atoms with Gasteiger partial charge in [0.2, 0.25) is 11.8 Å². The number of fused-ring (bicyclic) bond motifs is 2. The number of carbonyl (C=O) groups is 4. The number of carboxylic acids is 1. The fourth-order valence-electron chi connectivity index (χ4n) is 7.98. The second-order valence-electron chi connectivity index (χ2n) is 14.3. The number of rotatable bonds is 7. The van der Waals surface area contributed by atoms with Gasteiger partial charge in [0, 0.05) is 24.4 Å². The number of hydrogen-bond donors (Lipinski definition) is 4. The Kier molecular flexibility index (Phi) is 10.6. The fourth-order valence-corrected chi connectivity index (χ4v) is 9.28. The smallest absolute Gasteiger partial charge is 0.408 e. The third-order valence-corrected chi connectivity index (χ3v) is 12.3. The van der Waals surface area contributed by atoms with E-state index in [9.17, 15) is 34.2 Å². The molecule has 3 fully saturated rings. The highest BCUT2D eigenvalue weighted by Gasteiger charge is 2.62. The molecular formula is C37H43N5O8S2. The molecule has 0 bridgehead atoms. The summed E-state index contributed by atoms with van der Waals surface area (Å²) in [6.45, 7) is -0.0572. The Labute approximate surface area is 308 Å². The molecule has 2 saturated carbocycles. The zero-order valence-electron chi connectivity index (χ0n) is 28.6. The van der Waals surface area contributed by atoms with Gasteiger partial charge in [-0.15, -0.1) is 0 Å². The summed E-state index contributed by atoms with van der Waals surface area (Å²) >= 11 is 2.96. The van der Waals surface area contributed by atoms with Gasteiger partial charge < -0.3 is 30.5 Å². The Hall–Kier alpha value is -4.34. The third kappa shape index (κ3) is 7.30. The lowest BCUT2D eigenvalue weighted by atomic mass is 10.0. The molecule has 276 valence electrons. The molecule has 2 aliphatic heterocycles. The van der Waals surface area contributed by atoms with Crippen LogP contribution < -0.4 is 16.2 Å². The van der Waals surface area contributed by atoms with E-state index in [2.05, 4.69) is 15.7 Å². The summed E-state index contributed by atoms with van der Waals surface area (Å²) in [4.78, 5) is 69.7. The second-order valence-corrected chi connectivity index (χ2v) is 15.8. The summed E-state index contributed by atoms with van der Waals surface area (Å²) in [5.41, 5.74) is 0.896. The van der Waals surface area contributed by atoms with Crippen molar-refractivity contribution >= 4 is 46.6 Å². The Bertz CT molecular complexity index is 1870. The maximum absolute atomic E-state index is 14.5. The number of aliphatic hydroxyl groups is 1. The Morgan fingerprint density at radius 1 is 1.02 bits per heavy atom. The van der Waals surface area contributed by atoms with Crippen molar-refractivity contribution in [2.75, 3.05) is 6.54 Å². The number of aliphatic hydroxyl groups excluding tert-OH is 1. The molecule has 0 spiro atoms. The molecule has 3 aromatic rings. The van der Waals surface area contributed by atoms with Gasteiger partial charge in [-0.2, -0.15) is 27.8 Å². The molecule has 3 aromatic heterocycles. The lowest BCUT2D eigenvalue weighted by Gasteiger charge is -2.30. The van der Waals surface area contributed by atoms with Crippen molar-refractivity contribution in [1.82, 2.24) is 25.3 Å². The van der Waals surface area contributed by atoms with Crippen LogP contribution in [0.5, 0.6) is 0 Å². The van der Waals surface area contributed by atoms with Gasteiger partial charge in [0.15, 0.2) is 6.10 Å². The molecule has 15 heteroatoms. The van der Waals surface area contributed by atoms with Crippen molar-refractivity contribution in [1.29, 1.82) is 0 Å². The number of allylic oxidation sites excluding steroid dienone is 1. The summed E-state index contributed by atoms with van der Waals surface area (Å²) in [7, 11) is 0. The van der Waals surface area contributed by atoms with E-state index >= 15 is 0 Å². The number of aliphatic carboxylic acids is 1. The number of carboxylic acid groups (broad SMARTS) is 1. The number of amides is 3. The fraction of sp³-hybridized carbons (Fsp3) is 0.514. The molecular weight excluding hydrogens is 707 g/mol. The van der Waals surface area contributed by atoms with Gasteiger partial charge in [-0.25, -0.2) is 14.3 Å². The first-order valence-electron chi connectivity index (χ1n) is 18.0. The molecule has 4 aliphatic rings. The van der Waals surface area contributed by atoms with Crippen LogP contribution in [0.3, 0.4) is 0 Å². The van der Waals surface area contributed by atoms with E-state index in [0.717, 1.165) is 49.7 Å². The van der Waals surface area contributed by atoms with E-state index in [4.69, 9.17) is 4.74 Å². The van der Waals surface area contributed by atoms with Gasteiger partial charge >= 0.3 is 12.1 Å². The van der Waals surface area contributed by atoms with Crippen molar-refractivity contribution in [3.63, 3.8) is 0 Å². The predicted molar refractivity (Wildman–Crippen MR) is 195 cm³/mol. The molecule has 1 unspecified atom stereocenters. The first-order valence-corrected chi connectivity index (χ1v) is 19.9. The summed E-state index contributed by atoms with van der Waals surface area (Å²) in [5, 5.41) is 38.5. The molecule has 7 rings (SSSR count). The number of ether oxygens (including phenoxy) is 1. The van der Waals surface area contributed by atoms with Crippen molar-refractivity contribution in [3.05, 3.63) is 62.4 Å². The van der Waals surface area contributed by atoms with Crippen molar-refractivity contribution in [3.8, 4) is 22.3 Å². The van der Waals surface area contributed by atoms with Crippen LogP contribution in [-0.4, -0.2) is 85.1 Å². The molecule has 6 atom stereocenters. The maximum atomic E-state index is 14.5. The first-order chi connectivity index (χ1) is 25.2. The standard InChI is InChI=1S/C37H43N5O8S2/c43-31(35(47)48)37-17-24(37)8-4-2-1-3-5-11-28(39-36(49)50-26-9-6-7-10-26)33(45)41-19-25(16-29(41)32(44)40-37)42-34(46)30(23-13-15-52-21-23)27(18-38-42)22-12-14-51-20-22/h4,8,12-15,18,20-21,24-26,28-29,31,43H,1-3,5-7,9-11,16-17,19H2,(H,39,49)(H,40,44)(H,47,48)/b8-4-/t24-,25-,28-,29+,31?,37+/m1/s1. The second kappa shape index (κ2) is 15.3. The topological polar surface area (TPSA) is 180 Å². The van der Waals surface area contributed by atoms with Crippen LogP contribution in [0.2, 0.25) is 0 Å². The SMILES string of the molecule is O=C(N[C@@H]1CCCCC/C=C\[C@@H]2C[C@]2(C(O)C(=O)O)NC(=O)[C@@H]2C[C@@H](n3ncc(-c4ccsc4)c(-c4ccsc4)c3=O)CN2C1=O)OC1CCCC1. The molecule has 2 aliphatic carbocycles. The van der Waals surface area contributed by atoms with Crippen LogP contribution in [0, 0.1) is 5.92 Å². The molecule has 5 heterocycles. The zero-order valence-corrected chi connectivity index (χ0v) is 30.3. The average Bonchev–Trinajstić information content (AvgIpc) is 3.81.